The zero-order chi connectivity index (χ0) is 7.84. The fourth-order valence-corrected chi connectivity index (χ4v) is 1.90. The van der Waals surface area contributed by atoms with Crippen LogP contribution in [0.15, 0.2) is 0 Å². The van der Waals surface area contributed by atoms with Gasteiger partial charge in [0.25, 0.3) is 0 Å². The van der Waals surface area contributed by atoms with Crippen LogP contribution in [0.25, 0.3) is 0 Å². The Morgan fingerprint density at radius 1 is 1.73 bits per heavy atom. The van der Waals surface area contributed by atoms with Gasteiger partial charge in [0.05, 0.1) is 6.42 Å². The SMILES string of the molecule is O=C(O)CC1CNN2CCC12. The molecule has 2 heterocycles. The minimum Gasteiger partial charge on any atom is -0.481 e. The molecule has 2 N–H and O–H groups in total. The average molecular weight is 156 g/mol. The van der Waals surface area contributed by atoms with Crippen LogP contribution < -0.4 is 5.43 Å². The van der Waals surface area contributed by atoms with Crippen LogP contribution in [-0.4, -0.2) is 35.2 Å². The molecule has 0 amide bonds. The van der Waals surface area contributed by atoms with Crippen molar-refractivity contribution in [2.75, 3.05) is 13.1 Å². The summed E-state index contributed by atoms with van der Waals surface area (Å²) in [6, 6.07) is 0.506. The number of hydrogen-bond donors (Lipinski definition) is 2. The van der Waals surface area contributed by atoms with Gasteiger partial charge in [-0.25, -0.2) is 5.01 Å². The summed E-state index contributed by atoms with van der Waals surface area (Å²) < 4.78 is 0. The summed E-state index contributed by atoms with van der Waals surface area (Å²) in [5.74, 6) is -0.341. The van der Waals surface area contributed by atoms with Crippen LogP contribution in [0.4, 0.5) is 0 Å². The molecular weight excluding hydrogens is 144 g/mol. The van der Waals surface area contributed by atoms with E-state index in [2.05, 4.69) is 10.4 Å². The topological polar surface area (TPSA) is 52.6 Å². The molecule has 2 aliphatic rings. The zero-order valence-corrected chi connectivity index (χ0v) is 6.29. The second-order valence-electron chi connectivity index (χ2n) is 3.27. The van der Waals surface area contributed by atoms with E-state index in [4.69, 9.17) is 5.11 Å². The second-order valence-corrected chi connectivity index (χ2v) is 3.27. The lowest BCUT2D eigenvalue weighted by molar-refractivity contribution is -0.138. The number of carboxylic acids is 1. The Kier molecular flexibility index (Phi) is 1.58. The highest BCUT2D eigenvalue weighted by atomic mass is 16.4. The highest BCUT2D eigenvalue weighted by Crippen LogP contribution is 2.29. The lowest BCUT2D eigenvalue weighted by Gasteiger charge is -2.36. The third-order valence-corrected chi connectivity index (χ3v) is 2.60. The fourth-order valence-electron chi connectivity index (χ4n) is 1.90. The smallest absolute Gasteiger partial charge is 0.303 e. The number of nitrogens with zero attached hydrogens (tertiary/aromatic N) is 1. The van der Waals surface area contributed by atoms with E-state index in [9.17, 15) is 4.79 Å². The van der Waals surface area contributed by atoms with Crippen molar-refractivity contribution in [2.45, 2.75) is 18.9 Å². The number of hydrogen-bond acceptors (Lipinski definition) is 3. The van der Waals surface area contributed by atoms with Gasteiger partial charge in [-0.2, -0.15) is 0 Å². The van der Waals surface area contributed by atoms with Gasteiger partial charge in [-0.3, -0.25) is 10.2 Å². The zero-order valence-electron chi connectivity index (χ0n) is 6.29. The predicted octanol–water partition coefficient (Wildman–Crippen LogP) is -0.330. The van der Waals surface area contributed by atoms with Gasteiger partial charge >= 0.3 is 5.97 Å². The molecule has 0 aromatic heterocycles. The summed E-state index contributed by atoms with van der Waals surface area (Å²) in [6.45, 7) is 1.93. The van der Waals surface area contributed by atoms with Gasteiger partial charge in [0, 0.05) is 25.0 Å². The van der Waals surface area contributed by atoms with Crippen molar-refractivity contribution in [3.05, 3.63) is 0 Å². The molecule has 2 aliphatic heterocycles. The van der Waals surface area contributed by atoms with Crippen LogP contribution in [0, 0.1) is 5.92 Å². The molecule has 2 saturated heterocycles. The number of carboxylic acid groups (broad SMARTS) is 1. The molecule has 11 heavy (non-hydrogen) atoms. The first kappa shape index (κ1) is 7.06. The first-order valence-electron chi connectivity index (χ1n) is 3.99. The summed E-state index contributed by atoms with van der Waals surface area (Å²) in [4.78, 5) is 10.4. The summed E-state index contributed by atoms with van der Waals surface area (Å²) in [5.41, 5.74) is 3.18. The van der Waals surface area contributed by atoms with Gasteiger partial charge < -0.3 is 5.11 Å². The van der Waals surface area contributed by atoms with E-state index in [0.29, 0.717) is 18.4 Å². The van der Waals surface area contributed by atoms with Crippen LogP contribution in [0.1, 0.15) is 12.8 Å². The Labute approximate surface area is 65.2 Å². The van der Waals surface area contributed by atoms with E-state index in [-0.39, 0.29) is 0 Å². The van der Waals surface area contributed by atoms with Crippen molar-refractivity contribution in [3.63, 3.8) is 0 Å². The largest absolute Gasteiger partial charge is 0.481 e. The maximum atomic E-state index is 10.4. The maximum absolute atomic E-state index is 10.4. The number of hydrazine groups is 1. The molecule has 2 atom stereocenters. The van der Waals surface area contributed by atoms with E-state index in [1.807, 2.05) is 0 Å². The van der Waals surface area contributed by atoms with Gasteiger partial charge in [-0.1, -0.05) is 0 Å². The summed E-state index contributed by atoms with van der Waals surface area (Å²) in [7, 11) is 0. The molecule has 0 aromatic rings. The third-order valence-electron chi connectivity index (χ3n) is 2.60. The van der Waals surface area contributed by atoms with Gasteiger partial charge in [0.1, 0.15) is 0 Å². The molecule has 0 aromatic carbocycles. The van der Waals surface area contributed by atoms with Crippen LogP contribution >= 0.6 is 0 Å². The number of aliphatic carboxylic acids is 1. The molecule has 4 heteroatoms. The van der Waals surface area contributed by atoms with Gasteiger partial charge in [0.15, 0.2) is 0 Å². The minimum absolute atomic E-state index is 0.314. The quantitative estimate of drug-likeness (QED) is 0.575. The number of fused-ring (bicyclic) bond motifs is 1. The fraction of sp³-hybridized carbons (Fsp3) is 0.857. The van der Waals surface area contributed by atoms with Crippen LogP contribution in [0.2, 0.25) is 0 Å². The molecule has 0 aliphatic carbocycles. The molecule has 2 rings (SSSR count). The van der Waals surface area contributed by atoms with E-state index >= 15 is 0 Å². The van der Waals surface area contributed by atoms with E-state index in [1.54, 1.807) is 0 Å². The van der Waals surface area contributed by atoms with Crippen molar-refractivity contribution in [1.82, 2.24) is 10.4 Å². The Balaban J connectivity index is 1.90. The number of carbonyl (C=O) groups is 1. The van der Waals surface area contributed by atoms with Gasteiger partial charge in [-0.15, -0.1) is 0 Å². The van der Waals surface area contributed by atoms with Crippen LogP contribution in [0.5, 0.6) is 0 Å². The highest BCUT2D eigenvalue weighted by Gasteiger charge is 2.40. The Hall–Kier alpha value is -0.610. The average Bonchev–Trinajstić information content (AvgIpc) is 2.05. The minimum atomic E-state index is -0.675. The normalized spacial score (nSPS) is 36.4. The van der Waals surface area contributed by atoms with Crippen molar-refractivity contribution in [1.29, 1.82) is 0 Å². The maximum Gasteiger partial charge on any atom is 0.303 e. The molecule has 0 saturated carbocycles. The Morgan fingerprint density at radius 3 is 3.00 bits per heavy atom. The molecule has 4 nitrogen and oxygen atoms in total. The lowest BCUT2D eigenvalue weighted by atomic mass is 9.91. The Bertz CT molecular complexity index is 183. The molecule has 0 bridgehead atoms. The molecular formula is C7H12N2O2. The molecule has 0 spiro atoms. The van der Waals surface area contributed by atoms with E-state index in [0.717, 1.165) is 19.5 Å². The number of nitrogens with one attached hydrogen (secondary N) is 1. The van der Waals surface area contributed by atoms with Crippen molar-refractivity contribution in [3.8, 4) is 0 Å². The summed E-state index contributed by atoms with van der Waals surface area (Å²) in [5, 5.41) is 10.7. The summed E-state index contributed by atoms with van der Waals surface area (Å²) >= 11 is 0. The first-order valence-corrected chi connectivity index (χ1v) is 3.99. The van der Waals surface area contributed by atoms with Crippen molar-refractivity contribution >= 4 is 5.97 Å². The highest BCUT2D eigenvalue weighted by molar-refractivity contribution is 5.67. The molecule has 0 radical (unpaired) electrons. The molecule has 2 unspecified atom stereocenters. The van der Waals surface area contributed by atoms with Gasteiger partial charge in [0.2, 0.25) is 0 Å². The second kappa shape index (κ2) is 2.46. The van der Waals surface area contributed by atoms with E-state index in [1.165, 1.54) is 0 Å². The van der Waals surface area contributed by atoms with Crippen LogP contribution in [-0.2, 0) is 4.79 Å². The summed E-state index contributed by atoms with van der Waals surface area (Å²) in [6.07, 6.45) is 1.47. The van der Waals surface area contributed by atoms with Crippen molar-refractivity contribution in [2.24, 2.45) is 5.92 Å². The first-order chi connectivity index (χ1) is 5.27. The lowest BCUT2D eigenvalue weighted by Crippen LogP contribution is -2.49. The number of rotatable bonds is 2. The van der Waals surface area contributed by atoms with E-state index < -0.39 is 5.97 Å². The monoisotopic (exact) mass is 156 g/mol. The molecule has 2 fully saturated rings. The molecule has 62 valence electrons. The standard InChI is InChI=1S/C7H12N2O2/c10-7(11)3-5-4-8-9-2-1-6(5)9/h5-6,8H,1-4H2,(H,10,11). The third kappa shape index (κ3) is 1.12. The Morgan fingerprint density at radius 2 is 2.55 bits per heavy atom. The predicted molar refractivity (Wildman–Crippen MR) is 38.9 cm³/mol. The van der Waals surface area contributed by atoms with Crippen molar-refractivity contribution < 1.29 is 9.90 Å². The van der Waals surface area contributed by atoms with Crippen LogP contribution in [0.3, 0.4) is 0 Å². The van der Waals surface area contributed by atoms with Gasteiger partial charge in [-0.05, 0) is 6.42 Å².